The third-order valence-electron chi connectivity index (χ3n) is 5.35. The second-order valence-corrected chi connectivity index (χ2v) is 11.6. The number of aromatic nitrogens is 2. The van der Waals surface area contributed by atoms with Crippen LogP contribution in [0.25, 0.3) is 0 Å². The first-order chi connectivity index (χ1) is 16.6. The number of phosphoric ester groups is 2. The molecule has 206 valence electrons. The van der Waals surface area contributed by atoms with Crippen molar-refractivity contribution in [3.05, 3.63) is 32.6 Å². The maximum absolute atomic E-state index is 12.2. The predicted octanol–water partition coefficient (Wildman–Crippen LogP) is -3.15. The monoisotopic (exact) mass is 579 g/mol. The van der Waals surface area contributed by atoms with E-state index in [-0.39, 0.29) is 12.0 Å². The van der Waals surface area contributed by atoms with E-state index in [2.05, 4.69) is 31.0 Å². The van der Waals surface area contributed by atoms with Gasteiger partial charge >= 0.3 is 13.5 Å². The summed E-state index contributed by atoms with van der Waals surface area (Å²) in [7, 11) is -11.1. The molecule has 0 amide bonds. The van der Waals surface area contributed by atoms with Crippen LogP contribution >= 0.6 is 28.3 Å². The number of thiol groups is 1. The van der Waals surface area contributed by atoms with Gasteiger partial charge in [-0.3, -0.25) is 28.0 Å². The zero-order valence-electron chi connectivity index (χ0n) is 18.4. The molecule has 1 aromatic heterocycles. The van der Waals surface area contributed by atoms with Gasteiger partial charge in [-0.2, -0.15) is 12.6 Å². The Hall–Kier alpha value is -0.950. The number of ether oxygens (including phenoxy) is 2. The van der Waals surface area contributed by atoms with Gasteiger partial charge in [0.1, 0.15) is 24.5 Å². The summed E-state index contributed by atoms with van der Waals surface area (Å²) in [6.45, 7) is -0.237. The van der Waals surface area contributed by atoms with Crippen molar-refractivity contribution in [2.75, 3.05) is 13.2 Å². The molecule has 3 rings (SSSR count). The molecule has 0 radical (unpaired) electrons. The van der Waals surface area contributed by atoms with Gasteiger partial charge < -0.3 is 39.7 Å². The summed E-state index contributed by atoms with van der Waals surface area (Å²) in [5.74, 6) is 0. The van der Waals surface area contributed by atoms with Crippen LogP contribution in [0.2, 0.25) is 0 Å². The number of nitrogens with one attached hydrogen (secondary N) is 1. The first kappa shape index (κ1) is 29.6. The van der Waals surface area contributed by atoms with Crippen LogP contribution in [0.3, 0.4) is 0 Å². The molecule has 3 heterocycles. The second-order valence-electron chi connectivity index (χ2n) is 8.01. The van der Waals surface area contributed by atoms with E-state index in [0.29, 0.717) is 0 Å². The Morgan fingerprint density at radius 1 is 1.22 bits per heavy atom. The first-order valence-corrected chi connectivity index (χ1v) is 13.8. The lowest BCUT2D eigenvalue weighted by atomic mass is 10.0. The van der Waals surface area contributed by atoms with Crippen LogP contribution in [0.4, 0.5) is 0 Å². The lowest BCUT2D eigenvalue weighted by molar-refractivity contribution is -0.268. The third-order valence-corrected chi connectivity index (χ3v) is 8.46. The van der Waals surface area contributed by atoms with Crippen molar-refractivity contribution in [1.82, 2.24) is 9.55 Å². The van der Waals surface area contributed by atoms with E-state index in [4.69, 9.17) is 14.6 Å². The standard InChI is InChI=1S/C16H26N2O15P2S/c1-6-3-18(16(24)17-14(6)23)10-2-7(20)9(30-10)5-29-34(25,26)33-35(27,28)32-15-13(36)12(22)11(21)8(4-19)31-15/h3,7-13,15,19-22,36H,2,4-5H2,1H3,(H,25,26)(H,27,28)(H,17,23,24)/p-1/t7-,8?,9-,10-,11-,12+,13?,15-/m1/s1. The van der Waals surface area contributed by atoms with E-state index in [9.17, 15) is 43.8 Å². The van der Waals surface area contributed by atoms with Crippen molar-refractivity contribution < 1.29 is 62.2 Å². The lowest BCUT2D eigenvalue weighted by Crippen LogP contribution is -2.57. The third kappa shape index (κ3) is 6.92. The average Bonchev–Trinajstić information content (AvgIpc) is 3.14. The number of nitrogens with zero attached hydrogens (tertiary/aromatic N) is 1. The van der Waals surface area contributed by atoms with Crippen LogP contribution < -0.4 is 16.1 Å². The van der Waals surface area contributed by atoms with Gasteiger partial charge in [0.05, 0.1) is 30.7 Å². The minimum Gasteiger partial charge on any atom is -0.756 e. The largest absolute Gasteiger partial charge is 0.756 e. The summed E-state index contributed by atoms with van der Waals surface area (Å²) in [5, 5.41) is 37.5. The summed E-state index contributed by atoms with van der Waals surface area (Å²) in [6.07, 6.45) is -9.30. The number of hydrogen-bond acceptors (Lipinski definition) is 15. The molecule has 2 saturated heterocycles. The van der Waals surface area contributed by atoms with Gasteiger partial charge in [0.25, 0.3) is 13.4 Å². The van der Waals surface area contributed by atoms with Gasteiger partial charge in [0.2, 0.25) is 0 Å². The highest BCUT2D eigenvalue weighted by Gasteiger charge is 2.45. The van der Waals surface area contributed by atoms with Crippen LogP contribution in [-0.2, 0) is 32.0 Å². The van der Waals surface area contributed by atoms with Crippen LogP contribution in [0.5, 0.6) is 0 Å². The highest BCUT2D eigenvalue weighted by atomic mass is 32.1. The number of rotatable bonds is 9. The minimum absolute atomic E-state index is 0.165. The van der Waals surface area contributed by atoms with E-state index in [1.165, 1.54) is 13.1 Å². The smallest absolute Gasteiger partial charge is 0.478 e. The van der Waals surface area contributed by atoms with Crippen LogP contribution in [0, 0.1) is 6.92 Å². The fourth-order valence-corrected chi connectivity index (χ4v) is 5.98. The molecule has 2 aliphatic heterocycles. The number of hydrogen-bond donors (Lipinski definition) is 7. The molecule has 6 N–H and O–H groups in total. The Kier molecular flexibility index (Phi) is 9.40. The van der Waals surface area contributed by atoms with Crippen molar-refractivity contribution >= 4 is 28.3 Å². The molecule has 10 atom stereocenters. The second kappa shape index (κ2) is 11.4. The zero-order valence-corrected chi connectivity index (χ0v) is 21.1. The van der Waals surface area contributed by atoms with E-state index >= 15 is 0 Å². The fourth-order valence-electron chi connectivity index (χ4n) is 3.45. The fraction of sp³-hybridized carbons (Fsp3) is 0.750. The van der Waals surface area contributed by atoms with E-state index < -0.39 is 88.4 Å². The van der Waals surface area contributed by atoms with Gasteiger partial charge in [0, 0.05) is 18.2 Å². The quantitative estimate of drug-likeness (QED) is 0.113. The topological polar surface area (TPSA) is 259 Å². The molecule has 0 aliphatic carbocycles. The number of aromatic amines is 1. The van der Waals surface area contributed by atoms with Crippen molar-refractivity contribution in [3.63, 3.8) is 0 Å². The Labute approximate surface area is 207 Å². The molecule has 0 aromatic carbocycles. The molecule has 1 aromatic rings. The number of aryl methyl sites for hydroxylation is 1. The van der Waals surface area contributed by atoms with Crippen molar-refractivity contribution in [1.29, 1.82) is 0 Å². The minimum atomic E-state index is -5.68. The predicted molar refractivity (Wildman–Crippen MR) is 117 cm³/mol. The Balaban J connectivity index is 1.59. The summed E-state index contributed by atoms with van der Waals surface area (Å²) in [5.41, 5.74) is -1.25. The van der Waals surface area contributed by atoms with Crippen LogP contribution in [0.1, 0.15) is 18.2 Å². The van der Waals surface area contributed by atoms with Gasteiger partial charge in [-0.15, -0.1) is 0 Å². The van der Waals surface area contributed by atoms with Gasteiger partial charge in [-0.25, -0.2) is 13.7 Å². The lowest BCUT2D eigenvalue weighted by Gasteiger charge is -2.41. The summed E-state index contributed by atoms with van der Waals surface area (Å²) in [6, 6.07) is 0. The highest BCUT2D eigenvalue weighted by Crippen LogP contribution is 2.59. The van der Waals surface area contributed by atoms with E-state index in [1.807, 2.05) is 0 Å². The molecule has 4 unspecified atom stereocenters. The zero-order chi connectivity index (χ0) is 27.0. The maximum Gasteiger partial charge on any atom is 0.478 e. The summed E-state index contributed by atoms with van der Waals surface area (Å²) in [4.78, 5) is 47.5. The maximum atomic E-state index is 12.2. The highest BCUT2D eigenvalue weighted by molar-refractivity contribution is 7.81. The summed E-state index contributed by atoms with van der Waals surface area (Å²) >= 11 is 3.87. The normalized spacial score (nSPS) is 36.3. The van der Waals surface area contributed by atoms with Crippen LogP contribution in [-0.4, -0.2) is 90.1 Å². The van der Waals surface area contributed by atoms with Crippen LogP contribution in [0.15, 0.2) is 15.8 Å². The Morgan fingerprint density at radius 2 is 1.89 bits per heavy atom. The van der Waals surface area contributed by atoms with Crippen molar-refractivity contribution in [3.8, 4) is 0 Å². The molecule has 0 saturated carbocycles. The van der Waals surface area contributed by atoms with Crippen molar-refractivity contribution in [2.24, 2.45) is 0 Å². The average molecular weight is 579 g/mol. The molecule has 2 aliphatic rings. The van der Waals surface area contributed by atoms with E-state index in [0.717, 1.165) is 4.57 Å². The first-order valence-electron chi connectivity index (χ1n) is 10.3. The number of aliphatic hydroxyl groups is 4. The van der Waals surface area contributed by atoms with Gasteiger partial charge in [-0.1, -0.05) is 0 Å². The molecule has 0 spiro atoms. The molecule has 20 heteroatoms. The van der Waals surface area contributed by atoms with E-state index in [1.54, 1.807) is 0 Å². The molecule has 17 nitrogen and oxygen atoms in total. The van der Waals surface area contributed by atoms with Gasteiger partial charge in [0.15, 0.2) is 6.29 Å². The molecular weight excluding hydrogens is 554 g/mol. The number of H-pyrrole nitrogens is 1. The Bertz CT molecular complexity index is 1140. The molecule has 2 fully saturated rings. The Morgan fingerprint density at radius 3 is 2.53 bits per heavy atom. The van der Waals surface area contributed by atoms with Crippen molar-refractivity contribution in [2.45, 2.75) is 61.6 Å². The number of aliphatic hydroxyl groups excluding tert-OH is 4. The number of phosphoric acid groups is 2. The molecular formula is C16H25N2O15P2S-. The molecule has 0 bridgehead atoms. The van der Waals surface area contributed by atoms with Gasteiger partial charge in [-0.05, 0) is 6.92 Å². The summed E-state index contributed by atoms with van der Waals surface area (Å²) < 4.78 is 48.9. The SMILES string of the molecule is Cc1cn([C@H]2C[C@@H](O)[C@@H](COP(=O)(O)OP(=O)([O-])O[C@H]3OC(CO)[C@@H](O)[C@H](O)C3S)O2)c(=O)[nH]c1=O. The molecule has 36 heavy (non-hydrogen) atoms.